The summed E-state index contributed by atoms with van der Waals surface area (Å²) in [6, 6.07) is 0. The van der Waals surface area contributed by atoms with Crippen molar-refractivity contribution in [1.29, 1.82) is 0 Å². The summed E-state index contributed by atoms with van der Waals surface area (Å²) in [5, 5.41) is 0. The van der Waals surface area contributed by atoms with Gasteiger partial charge in [0, 0.05) is 0 Å². The summed E-state index contributed by atoms with van der Waals surface area (Å²) < 4.78 is 0. The number of hydrogen-bond acceptors (Lipinski definition) is 2. The van der Waals surface area contributed by atoms with Crippen molar-refractivity contribution in [3.8, 4) is 0 Å². The predicted molar refractivity (Wildman–Crippen MR) is 174 cm³/mol. The molecule has 0 aromatic heterocycles. The molecule has 0 aliphatic rings. The summed E-state index contributed by atoms with van der Waals surface area (Å²) >= 11 is 9.84. The molecular weight excluding hydrogens is 567 g/mol. The Balaban J connectivity index is -0.000000146. The van der Waals surface area contributed by atoms with Crippen molar-refractivity contribution in [3.05, 3.63) is 13.8 Å². The third-order valence-corrected chi connectivity index (χ3v) is 6.57. The van der Waals surface area contributed by atoms with Gasteiger partial charge in [0.05, 0.1) is 0 Å². The third-order valence-electron chi connectivity index (χ3n) is 6.00. The van der Waals surface area contributed by atoms with E-state index in [-0.39, 0.29) is 23.9 Å². The molecule has 0 saturated heterocycles. The molecule has 3 heteroatoms. The van der Waals surface area contributed by atoms with E-state index in [1.165, 1.54) is 154 Å². The summed E-state index contributed by atoms with van der Waals surface area (Å²) in [5.41, 5.74) is 0. The Morgan fingerprint density at radius 3 is 0.600 bits per heavy atom. The fourth-order valence-electron chi connectivity index (χ4n) is 3.89. The van der Waals surface area contributed by atoms with Gasteiger partial charge in [0.1, 0.15) is 0 Å². The Kier molecular flexibility index (Phi) is 74.0. The summed E-state index contributed by atoms with van der Waals surface area (Å²) in [5.74, 6) is 1.91. The number of rotatable bonds is 24. The Morgan fingerprint density at radius 2 is 0.457 bits per heavy atom. The second kappa shape index (κ2) is 55.9. The minimum absolute atomic E-state index is 0. The van der Waals surface area contributed by atoms with Gasteiger partial charge in [0.25, 0.3) is 0 Å². The van der Waals surface area contributed by atoms with E-state index in [0.717, 1.165) is 11.5 Å². The quantitative estimate of drug-likeness (QED) is 0.0588. The fraction of sp³-hybridized carbons (Fsp3) is 0.938. The van der Waals surface area contributed by atoms with Crippen LogP contribution in [-0.2, 0) is 25.3 Å². The molecule has 212 valence electrons. The predicted octanol–water partition coefficient (Wildman–Crippen LogP) is 11.8. The fourth-order valence-corrected chi connectivity index (χ4v) is 4.29. The van der Waals surface area contributed by atoms with Gasteiger partial charge in [-0.15, -0.1) is 0 Å². The normalized spacial score (nSPS) is 9.60. The molecule has 0 atom stereocenters. The molecule has 0 heterocycles. The van der Waals surface area contributed by atoms with Crippen molar-refractivity contribution in [2.24, 2.45) is 0 Å². The molecular formula is C32H68S2Sn. The summed E-state index contributed by atoms with van der Waals surface area (Å²) in [6.07, 6.45) is 34.0. The molecule has 0 unspecified atom stereocenters. The van der Waals surface area contributed by atoms with Crippen molar-refractivity contribution in [2.75, 3.05) is 11.5 Å². The van der Waals surface area contributed by atoms with Gasteiger partial charge in [-0.05, 0) is 0 Å². The van der Waals surface area contributed by atoms with Crippen LogP contribution in [0.2, 0.25) is 0 Å². The molecule has 0 saturated carbocycles. The Bertz CT molecular complexity index is 212. The van der Waals surface area contributed by atoms with E-state index in [9.17, 15) is 0 Å². The first-order chi connectivity index (χ1) is 16.8. The van der Waals surface area contributed by atoms with Crippen molar-refractivity contribution in [2.45, 2.75) is 182 Å². The zero-order chi connectivity index (χ0) is 26.4. The van der Waals surface area contributed by atoms with Crippen LogP contribution in [-0.4, -0.2) is 35.4 Å². The molecule has 0 nitrogen and oxygen atoms in total. The standard InChI is InChI=1S/2C14H30S.2C2H5.Sn/c2*1-2-3-4-5-6-7-8-9-10-11-12-13-14-15;2*1-2;/h2*15H,2-14H2,1H3;2*1H2,2H3;/q;;;;+2/p-2. The Hall–Kier alpha value is 1.50. The van der Waals surface area contributed by atoms with Gasteiger partial charge in [-0.2, -0.15) is 11.5 Å². The van der Waals surface area contributed by atoms with Crippen LogP contribution in [0.4, 0.5) is 0 Å². The largest absolute Gasteiger partial charge is 2.00 e. The van der Waals surface area contributed by atoms with Crippen LogP contribution >= 0.6 is 0 Å². The van der Waals surface area contributed by atoms with Gasteiger partial charge in [0.15, 0.2) is 0 Å². The van der Waals surface area contributed by atoms with Crippen LogP contribution in [0, 0.1) is 13.8 Å². The average Bonchev–Trinajstić information content (AvgIpc) is 2.89. The van der Waals surface area contributed by atoms with Crippen molar-refractivity contribution in [1.82, 2.24) is 0 Å². The number of unbranched alkanes of at least 4 members (excludes halogenated alkanes) is 22. The Labute approximate surface area is 254 Å². The minimum Gasteiger partial charge on any atom is -0.793 e. The van der Waals surface area contributed by atoms with Crippen LogP contribution in [0.5, 0.6) is 0 Å². The summed E-state index contributed by atoms with van der Waals surface area (Å²) in [6.45, 7) is 14.6. The first kappa shape index (κ1) is 46.4. The van der Waals surface area contributed by atoms with E-state index in [0.29, 0.717) is 0 Å². The van der Waals surface area contributed by atoms with Crippen molar-refractivity contribution < 1.29 is 0 Å². The maximum Gasteiger partial charge on any atom is 2.00 e. The molecule has 0 rings (SSSR count). The van der Waals surface area contributed by atoms with Gasteiger partial charge in [-0.25, -0.2) is 0 Å². The van der Waals surface area contributed by atoms with E-state index in [2.05, 4.69) is 27.7 Å². The maximum atomic E-state index is 4.92. The van der Waals surface area contributed by atoms with Crippen molar-refractivity contribution >= 4 is 49.2 Å². The topological polar surface area (TPSA) is 0 Å². The number of hydrogen-bond donors (Lipinski definition) is 0. The van der Waals surface area contributed by atoms with Crippen LogP contribution in [0.25, 0.3) is 0 Å². The SMILES string of the molecule is CCCCCCCCCCCCCC[S-].CCCCCCCCCCCCCC[S-].[CH2]C.[CH2]C.[Sn+2]. The monoisotopic (exact) mass is 636 g/mol. The van der Waals surface area contributed by atoms with E-state index >= 15 is 0 Å². The zero-order valence-corrected chi connectivity index (χ0v) is 29.6. The first-order valence-corrected chi connectivity index (χ1v) is 16.6. The van der Waals surface area contributed by atoms with Crippen LogP contribution in [0.3, 0.4) is 0 Å². The van der Waals surface area contributed by atoms with Crippen molar-refractivity contribution in [3.63, 3.8) is 0 Å². The molecule has 0 aliphatic carbocycles. The van der Waals surface area contributed by atoms with Gasteiger partial charge in [0.2, 0.25) is 0 Å². The van der Waals surface area contributed by atoms with E-state index in [1.807, 2.05) is 0 Å². The molecule has 0 bridgehead atoms. The van der Waals surface area contributed by atoms with Crippen LogP contribution in [0.15, 0.2) is 0 Å². The Morgan fingerprint density at radius 1 is 0.314 bits per heavy atom. The molecule has 0 amide bonds. The van der Waals surface area contributed by atoms with E-state index < -0.39 is 0 Å². The molecule has 0 aromatic rings. The van der Waals surface area contributed by atoms with Gasteiger partial charge >= 0.3 is 23.9 Å². The van der Waals surface area contributed by atoms with E-state index in [4.69, 9.17) is 25.3 Å². The molecule has 0 fully saturated rings. The molecule has 0 spiro atoms. The molecule has 0 aromatic carbocycles. The van der Waals surface area contributed by atoms with Gasteiger partial charge in [-0.3, -0.25) is 0 Å². The molecule has 35 heavy (non-hydrogen) atoms. The smallest absolute Gasteiger partial charge is 0.793 e. The van der Waals surface area contributed by atoms with Crippen LogP contribution in [0.1, 0.15) is 182 Å². The van der Waals surface area contributed by atoms with Gasteiger partial charge in [-0.1, -0.05) is 196 Å². The zero-order valence-electron chi connectivity index (χ0n) is 25.1. The molecule has 0 N–H and O–H groups in total. The molecule has 4 radical (unpaired) electrons. The molecule has 0 aliphatic heterocycles. The first-order valence-electron chi connectivity index (χ1n) is 15.4. The minimum atomic E-state index is 0. The second-order valence-corrected chi connectivity index (χ2v) is 10.0. The maximum absolute atomic E-state index is 4.92. The van der Waals surface area contributed by atoms with Crippen LogP contribution < -0.4 is 0 Å². The summed E-state index contributed by atoms with van der Waals surface area (Å²) in [7, 11) is 0. The second-order valence-electron chi connectivity index (χ2n) is 9.19. The third kappa shape index (κ3) is 61.3. The van der Waals surface area contributed by atoms with E-state index in [1.54, 1.807) is 13.8 Å². The summed E-state index contributed by atoms with van der Waals surface area (Å²) in [4.78, 5) is 0. The van der Waals surface area contributed by atoms with Gasteiger partial charge < -0.3 is 25.3 Å². The average molecular weight is 636 g/mol.